The van der Waals surface area contributed by atoms with Gasteiger partial charge in [-0.2, -0.15) is 0 Å². The highest BCUT2D eigenvalue weighted by molar-refractivity contribution is 5.56. The quantitative estimate of drug-likeness (QED) is 0.840. The molecule has 0 saturated heterocycles. The van der Waals surface area contributed by atoms with E-state index in [1.807, 2.05) is 31.2 Å². The summed E-state index contributed by atoms with van der Waals surface area (Å²) < 4.78 is 33.7. The molecule has 0 spiro atoms. The van der Waals surface area contributed by atoms with Crippen LogP contribution in [0.25, 0.3) is 0 Å². The smallest absolute Gasteiger partial charge is 0.170 e. The lowest BCUT2D eigenvalue weighted by Crippen LogP contribution is -2.30. The lowest BCUT2D eigenvalue weighted by atomic mass is 9.83. The maximum atomic E-state index is 14.2. The highest BCUT2D eigenvalue weighted by Gasteiger charge is 2.42. The van der Waals surface area contributed by atoms with Gasteiger partial charge in [0.2, 0.25) is 0 Å². The molecule has 1 unspecified atom stereocenters. The van der Waals surface area contributed by atoms with Crippen LogP contribution in [-0.4, -0.2) is 13.0 Å². The number of benzene rings is 2. The Morgan fingerprint density at radius 1 is 1.14 bits per heavy atom. The molecule has 2 aromatic rings. The van der Waals surface area contributed by atoms with E-state index in [1.54, 1.807) is 0 Å². The zero-order valence-electron chi connectivity index (χ0n) is 11.6. The van der Waals surface area contributed by atoms with Gasteiger partial charge >= 0.3 is 0 Å². The van der Waals surface area contributed by atoms with Crippen molar-refractivity contribution < 1.29 is 13.5 Å². The van der Waals surface area contributed by atoms with Gasteiger partial charge in [-0.3, -0.25) is 0 Å². The molecule has 0 radical (unpaired) electrons. The first-order valence-electron chi connectivity index (χ1n) is 6.86. The summed E-state index contributed by atoms with van der Waals surface area (Å²) >= 11 is 0. The minimum atomic E-state index is -1.15. The molecule has 4 heteroatoms. The van der Waals surface area contributed by atoms with E-state index < -0.39 is 17.2 Å². The van der Waals surface area contributed by atoms with E-state index in [-0.39, 0.29) is 12.2 Å². The largest absolute Gasteiger partial charge is 0.480 e. The van der Waals surface area contributed by atoms with Crippen molar-refractivity contribution in [1.29, 1.82) is 0 Å². The number of nitrogens with zero attached hydrogens (tertiary/aromatic N) is 1. The van der Waals surface area contributed by atoms with Crippen LogP contribution in [0.5, 0.6) is 0 Å². The van der Waals surface area contributed by atoms with Crippen LogP contribution >= 0.6 is 0 Å². The van der Waals surface area contributed by atoms with Gasteiger partial charge in [0.1, 0.15) is 18.2 Å². The predicted octanol–water partition coefficient (Wildman–Crippen LogP) is 3.83. The number of hydrogen-bond acceptors (Lipinski definition) is 2. The minimum absolute atomic E-state index is 0.0630. The Morgan fingerprint density at radius 2 is 1.86 bits per heavy atom. The first-order valence-corrected chi connectivity index (χ1v) is 6.86. The number of ether oxygens (including phenoxy) is 1. The van der Waals surface area contributed by atoms with Crippen LogP contribution in [0.3, 0.4) is 0 Å². The second-order valence-corrected chi connectivity index (χ2v) is 5.06. The van der Waals surface area contributed by atoms with Gasteiger partial charge in [-0.05, 0) is 29.7 Å². The standard InChI is InChI=1S/C17H15F2NO/c1-2-12-5-3-6-13(9-12)17(10-21-11-20-17)16-14(18)7-4-8-15(16)19/h3-9,11H,2,10H2,1H3. The third kappa shape index (κ3) is 2.20. The lowest BCUT2D eigenvalue weighted by molar-refractivity contribution is 0.280. The van der Waals surface area contributed by atoms with Crippen LogP contribution in [-0.2, 0) is 16.7 Å². The second-order valence-electron chi connectivity index (χ2n) is 5.06. The van der Waals surface area contributed by atoms with E-state index in [0.29, 0.717) is 0 Å². The molecule has 1 aliphatic heterocycles. The van der Waals surface area contributed by atoms with Crippen molar-refractivity contribution in [3.63, 3.8) is 0 Å². The first-order chi connectivity index (χ1) is 10.2. The molecule has 108 valence electrons. The highest BCUT2D eigenvalue weighted by atomic mass is 19.1. The number of halogens is 2. The van der Waals surface area contributed by atoms with E-state index in [0.717, 1.165) is 17.5 Å². The number of rotatable bonds is 3. The fraction of sp³-hybridized carbons (Fsp3) is 0.235. The Kier molecular flexibility index (Phi) is 3.45. The Bertz CT molecular complexity index is 679. The van der Waals surface area contributed by atoms with Crippen molar-refractivity contribution in [2.45, 2.75) is 18.9 Å². The zero-order valence-corrected chi connectivity index (χ0v) is 11.6. The van der Waals surface area contributed by atoms with Gasteiger partial charge in [-0.15, -0.1) is 0 Å². The second kappa shape index (κ2) is 5.28. The van der Waals surface area contributed by atoms with E-state index in [1.165, 1.54) is 24.6 Å². The molecular formula is C17H15F2NO. The van der Waals surface area contributed by atoms with Gasteiger partial charge in [0.15, 0.2) is 11.9 Å². The zero-order chi connectivity index (χ0) is 14.9. The first kappa shape index (κ1) is 13.7. The number of aliphatic imine (C=N–C) groups is 1. The summed E-state index contributed by atoms with van der Waals surface area (Å²) in [6, 6.07) is 11.5. The van der Waals surface area contributed by atoms with Crippen molar-refractivity contribution >= 4 is 6.40 Å². The van der Waals surface area contributed by atoms with Crippen molar-refractivity contribution in [2.24, 2.45) is 4.99 Å². The molecule has 0 fully saturated rings. The molecule has 1 aliphatic rings. The van der Waals surface area contributed by atoms with Crippen LogP contribution < -0.4 is 0 Å². The Balaban J connectivity index is 2.23. The number of hydrogen-bond donors (Lipinski definition) is 0. The molecule has 0 bridgehead atoms. The molecule has 21 heavy (non-hydrogen) atoms. The third-order valence-electron chi connectivity index (χ3n) is 3.83. The summed E-state index contributed by atoms with van der Waals surface area (Å²) in [7, 11) is 0. The van der Waals surface area contributed by atoms with Gasteiger partial charge in [0.25, 0.3) is 0 Å². The van der Waals surface area contributed by atoms with Gasteiger partial charge in [0, 0.05) is 0 Å². The lowest BCUT2D eigenvalue weighted by Gasteiger charge is -2.26. The molecule has 0 N–H and O–H groups in total. The Morgan fingerprint density at radius 3 is 2.48 bits per heavy atom. The van der Waals surface area contributed by atoms with Crippen LogP contribution in [0.4, 0.5) is 8.78 Å². The Hall–Kier alpha value is -2.23. The summed E-state index contributed by atoms with van der Waals surface area (Å²) in [4.78, 5) is 4.28. The van der Waals surface area contributed by atoms with E-state index in [9.17, 15) is 8.78 Å². The van der Waals surface area contributed by atoms with Crippen molar-refractivity contribution in [1.82, 2.24) is 0 Å². The summed E-state index contributed by atoms with van der Waals surface area (Å²) in [6.45, 7) is 2.13. The molecule has 3 rings (SSSR count). The van der Waals surface area contributed by atoms with Crippen LogP contribution in [0.1, 0.15) is 23.6 Å². The maximum Gasteiger partial charge on any atom is 0.170 e. The maximum absolute atomic E-state index is 14.2. The van der Waals surface area contributed by atoms with Gasteiger partial charge in [0.05, 0.1) is 5.56 Å². The molecule has 1 atom stereocenters. The fourth-order valence-corrected chi connectivity index (χ4v) is 2.70. The topological polar surface area (TPSA) is 21.6 Å². The fourth-order valence-electron chi connectivity index (χ4n) is 2.70. The molecular weight excluding hydrogens is 272 g/mol. The van der Waals surface area contributed by atoms with Gasteiger partial charge in [-0.1, -0.05) is 37.3 Å². The van der Waals surface area contributed by atoms with Crippen molar-refractivity contribution in [3.05, 3.63) is 70.8 Å². The monoisotopic (exact) mass is 287 g/mol. The minimum Gasteiger partial charge on any atom is -0.480 e. The molecule has 1 heterocycles. The number of aryl methyl sites for hydroxylation is 1. The third-order valence-corrected chi connectivity index (χ3v) is 3.83. The van der Waals surface area contributed by atoms with E-state index in [4.69, 9.17) is 4.74 Å². The Labute approximate surface area is 122 Å². The van der Waals surface area contributed by atoms with E-state index >= 15 is 0 Å². The summed E-state index contributed by atoms with van der Waals surface area (Å²) in [6.07, 6.45) is 2.11. The highest BCUT2D eigenvalue weighted by Crippen LogP contribution is 2.39. The molecule has 0 amide bonds. The average Bonchev–Trinajstić information content (AvgIpc) is 2.98. The molecule has 2 aromatic carbocycles. The summed E-state index contributed by atoms with van der Waals surface area (Å²) in [5, 5.41) is 0. The SMILES string of the molecule is CCc1cccc(C2(c3c(F)cccc3F)COC=N2)c1. The van der Waals surface area contributed by atoms with Crippen LogP contribution in [0.2, 0.25) is 0 Å². The summed E-state index contributed by atoms with van der Waals surface area (Å²) in [5.74, 6) is -1.22. The van der Waals surface area contributed by atoms with E-state index in [2.05, 4.69) is 4.99 Å². The van der Waals surface area contributed by atoms with Crippen LogP contribution in [0.15, 0.2) is 47.5 Å². The predicted molar refractivity (Wildman–Crippen MR) is 77.4 cm³/mol. The average molecular weight is 287 g/mol. The van der Waals surface area contributed by atoms with Crippen molar-refractivity contribution in [3.8, 4) is 0 Å². The molecule has 2 nitrogen and oxygen atoms in total. The van der Waals surface area contributed by atoms with Gasteiger partial charge in [-0.25, -0.2) is 13.8 Å². The molecule has 0 saturated carbocycles. The molecule has 0 aromatic heterocycles. The van der Waals surface area contributed by atoms with Crippen LogP contribution in [0, 0.1) is 11.6 Å². The normalized spacial score (nSPS) is 20.5. The van der Waals surface area contributed by atoms with Crippen molar-refractivity contribution in [2.75, 3.05) is 6.61 Å². The molecule has 0 aliphatic carbocycles. The van der Waals surface area contributed by atoms with Gasteiger partial charge < -0.3 is 4.74 Å². The summed E-state index contributed by atoms with van der Waals surface area (Å²) in [5.41, 5.74) is 0.609.